The summed E-state index contributed by atoms with van der Waals surface area (Å²) in [5.41, 5.74) is 12.0. The fourth-order valence-electron chi connectivity index (χ4n) is 6.45. The van der Waals surface area contributed by atoms with Gasteiger partial charge in [0.1, 0.15) is 6.04 Å². The molecule has 52 heavy (non-hydrogen) atoms. The van der Waals surface area contributed by atoms with E-state index >= 15 is 0 Å². The lowest BCUT2D eigenvalue weighted by molar-refractivity contribution is -0.133. The SMILES string of the molecule is CC(C)[C@H](N)C(=O)N[C@@H](C)C(=O)NCCCCN1N=C(c2ccc(NC(=O)N3Cc4ccncc4C3)cc2)CC(c2cccc3ncccc23)C1=O. The first-order valence-corrected chi connectivity index (χ1v) is 17.7. The second kappa shape index (κ2) is 16.1. The molecule has 5 N–H and O–H groups in total. The van der Waals surface area contributed by atoms with Crippen LogP contribution in [0.15, 0.2) is 84.4 Å². The maximum Gasteiger partial charge on any atom is 0.322 e. The smallest absolute Gasteiger partial charge is 0.322 e. The minimum atomic E-state index is -0.723. The van der Waals surface area contributed by atoms with Crippen molar-refractivity contribution in [1.82, 2.24) is 30.5 Å². The number of hydrogen-bond donors (Lipinski definition) is 4. The molecular formula is C39H45N9O4. The lowest BCUT2D eigenvalue weighted by atomic mass is 9.86. The molecule has 13 nitrogen and oxygen atoms in total. The molecule has 6 rings (SSSR count). The van der Waals surface area contributed by atoms with E-state index in [-0.39, 0.29) is 29.7 Å². The molecule has 2 aliphatic rings. The van der Waals surface area contributed by atoms with E-state index in [1.807, 2.05) is 74.5 Å². The molecule has 4 aromatic rings. The molecule has 5 amide bonds. The lowest BCUT2D eigenvalue weighted by Crippen LogP contribution is -2.51. The quantitative estimate of drug-likeness (QED) is 0.159. The summed E-state index contributed by atoms with van der Waals surface area (Å²) in [5.74, 6) is -1.29. The largest absolute Gasteiger partial charge is 0.354 e. The molecule has 3 atom stereocenters. The summed E-state index contributed by atoms with van der Waals surface area (Å²) in [4.78, 5) is 62.3. The molecule has 13 heteroatoms. The zero-order valence-corrected chi connectivity index (χ0v) is 29.7. The van der Waals surface area contributed by atoms with Crippen LogP contribution in [0.5, 0.6) is 0 Å². The van der Waals surface area contributed by atoms with Gasteiger partial charge in [-0.15, -0.1) is 0 Å². The van der Waals surface area contributed by atoms with Gasteiger partial charge < -0.3 is 26.6 Å². The number of nitrogens with one attached hydrogen (secondary N) is 3. The van der Waals surface area contributed by atoms with Crippen molar-refractivity contribution < 1.29 is 19.2 Å². The number of aromatic nitrogens is 2. The molecule has 270 valence electrons. The number of nitrogens with two attached hydrogens (primary N) is 1. The highest BCUT2D eigenvalue weighted by molar-refractivity contribution is 6.07. The molecule has 0 saturated carbocycles. The fourth-order valence-corrected chi connectivity index (χ4v) is 6.45. The third-order valence-corrected chi connectivity index (χ3v) is 9.60. The maximum absolute atomic E-state index is 14.0. The van der Waals surface area contributed by atoms with Crippen LogP contribution in [0.1, 0.15) is 68.2 Å². The van der Waals surface area contributed by atoms with Gasteiger partial charge in [0.05, 0.1) is 23.2 Å². The van der Waals surface area contributed by atoms with Crippen LogP contribution in [0, 0.1) is 5.92 Å². The Kier molecular flexibility index (Phi) is 11.2. The molecule has 2 aromatic carbocycles. The predicted octanol–water partition coefficient (Wildman–Crippen LogP) is 4.28. The van der Waals surface area contributed by atoms with Crippen molar-refractivity contribution in [2.75, 3.05) is 18.4 Å². The zero-order valence-electron chi connectivity index (χ0n) is 29.7. The Labute approximate surface area is 303 Å². The number of pyridine rings is 2. The number of hydrogen-bond acceptors (Lipinski definition) is 8. The van der Waals surface area contributed by atoms with Gasteiger partial charge in [-0.3, -0.25) is 24.4 Å². The average Bonchev–Trinajstić information content (AvgIpc) is 3.60. The highest BCUT2D eigenvalue weighted by Gasteiger charge is 2.33. The van der Waals surface area contributed by atoms with Gasteiger partial charge in [-0.05, 0) is 78.3 Å². The number of carbonyl (C=O) groups excluding carboxylic acids is 4. The summed E-state index contributed by atoms with van der Waals surface area (Å²) in [6.07, 6.45) is 6.86. The predicted molar refractivity (Wildman–Crippen MR) is 199 cm³/mol. The molecule has 0 bridgehead atoms. The van der Waals surface area contributed by atoms with Gasteiger partial charge in [-0.2, -0.15) is 5.10 Å². The van der Waals surface area contributed by atoms with Gasteiger partial charge >= 0.3 is 6.03 Å². The molecule has 2 aliphatic heterocycles. The van der Waals surface area contributed by atoms with E-state index in [0.29, 0.717) is 51.1 Å². The number of carbonyl (C=O) groups is 4. The average molecular weight is 704 g/mol. The van der Waals surface area contributed by atoms with Gasteiger partial charge in [0.15, 0.2) is 0 Å². The summed E-state index contributed by atoms with van der Waals surface area (Å²) < 4.78 is 0. The molecule has 0 spiro atoms. The maximum atomic E-state index is 14.0. The van der Waals surface area contributed by atoms with E-state index in [9.17, 15) is 19.2 Å². The van der Waals surface area contributed by atoms with Crippen molar-refractivity contribution in [1.29, 1.82) is 0 Å². The summed E-state index contributed by atoms with van der Waals surface area (Å²) in [5, 5.41) is 15.8. The summed E-state index contributed by atoms with van der Waals surface area (Å²) in [6, 6.07) is 17.5. The summed E-state index contributed by atoms with van der Waals surface area (Å²) in [7, 11) is 0. The number of hydrazone groups is 1. The normalized spacial score (nSPS) is 16.7. The van der Waals surface area contributed by atoms with Gasteiger partial charge in [-0.1, -0.05) is 44.2 Å². The van der Waals surface area contributed by atoms with Crippen molar-refractivity contribution >= 4 is 46.1 Å². The van der Waals surface area contributed by atoms with E-state index in [1.54, 1.807) is 30.4 Å². The fraction of sp³-hybridized carbons (Fsp3) is 0.359. The van der Waals surface area contributed by atoms with E-state index in [2.05, 4.69) is 25.9 Å². The number of nitrogens with zero attached hydrogens (tertiary/aromatic N) is 5. The van der Waals surface area contributed by atoms with Crippen LogP contribution in [0.2, 0.25) is 0 Å². The third-order valence-electron chi connectivity index (χ3n) is 9.60. The first kappa shape index (κ1) is 36.1. The monoisotopic (exact) mass is 703 g/mol. The topological polar surface area (TPSA) is 175 Å². The Hall–Kier alpha value is -5.69. The molecule has 0 fully saturated rings. The van der Waals surface area contributed by atoms with Gasteiger partial charge in [0, 0.05) is 62.3 Å². The van der Waals surface area contributed by atoms with Crippen LogP contribution in [0.4, 0.5) is 10.5 Å². The zero-order chi connectivity index (χ0) is 36.8. The van der Waals surface area contributed by atoms with Crippen molar-refractivity contribution in [2.45, 2.75) is 71.1 Å². The number of fused-ring (bicyclic) bond motifs is 2. The molecule has 2 aromatic heterocycles. The van der Waals surface area contributed by atoms with E-state index in [4.69, 9.17) is 10.8 Å². The second-order valence-corrected chi connectivity index (χ2v) is 13.7. The van der Waals surface area contributed by atoms with Gasteiger partial charge in [0.2, 0.25) is 11.8 Å². The molecule has 0 radical (unpaired) electrons. The first-order valence-electron chi connectivity index (χ1n) is 17.7. The highest BCUT2D eigenvalue weighted by Crippen LogP contribution is 2.33. The van der Waals surface area contributed by atoms with Gasteiger partial charge in [0.25, 0.3) is 5.91 Å². The van der Waals surface area contributed by atoms with E-state index in [0.717, 1.165) is 38.9 Å². The number of rotatable bonds is 12. The first-order chi connectivity index (χ1) is 25.1. The van der Waals surface area contributed by atoms with Crippen molar-refractivity contribution in [2.24, 2.45) is 16.8 Å². The van der Waals surface area contributed by atoms with Crippen LogP contribution in [0.25, 0.3) is 10.9 Å². The minimum Gasteiger partial charge on any atom is -0.354 e. The van der Waals surface area contributed by atoms with Crippen molar-refractivity contribution in [3.8, 4) is 0 Å². The Morgan fingerprint density at radius 1 is 0.923 bits per heavy atom. The highest BCUT2D eigenvalue weighted by atomic mass is 16.2. The summed E-state index contributed by atoms with van der Waals surface area (Å²) >= 11 is 0. The Bertz CT molecular complexity index is 1950. The molecule has 0 saturated heterocycles. The number of anilines is 1. The molecule has 4 heterocycles. The van der Waals surface area contributed by atoms with Crippen LogP contribution >= 0.6 is 0 Å². The van der Waals surface area contributed by atoms with Crippen LogP contribution in [0.3, 0.4) is 0 Å². The van der Waals surface area contributed by atoms with Crippen molar-refractivity contribution in [3.63, 3.8) is 0 Å². The Morgan fingerprint density at radius 2 is 1.71 bits per heavy atom. The summed E-state index contributed by atoms with van der Waals surface area (Å²) in [6.45, 7) is 7.09. The number of amides is 5. The Morgan fingerprint density at radius 3 is 2.48 bits per heavy atom. The van der Waals surface area contributed by atoms with E-state index < -0.39 is 18.0 Å². The number of unbranched alkanes of at least 4 members (excludes halogenated alkanes) is 1. The van der Waals surface area contributed by atoms with Crippen LogP contribution < -0.4 is 21.7 Å². The third kappa shape index (κ3) is 8.26. The van der Waals surface area contributed by atoms with Crippen molar-refractivity contribution in [3.05, 3.63) is 102 Å². The molecule has 0 aliphatic carbocycles. The molecule has 1 unspecified atom stereocenters. The standard InChI is InChI=1S/C39H45N9O4/c1-24(2)35(40)37(50)44-25(3)36(49)43-16-4-5-19-48-38(51)32(30-8-6-10-33-31(30)9-7-17-42-33)20-34(46-48)26-11-13-29(14-12-26)45-39(52)47-22-27-15-18-41-21-28(27)23-47/h6-15,17-18,21,24-25,32,35H,4-5,16,19-20,22-23,40H2,1-3H3,(H,43,49)(H,44,50)(H,45,52)/t25-,32?,35-/m0/s1. The van der Waals surface area contributed by atoms with Gasteiger partial charge in [-0.25, -0.2) is 9.80 Å². The van der Waals surface area contributed by atoms with Crippen LogP contribution in [-0.4, -0.2) is 74.5 Å². The number of urea groups is 1. The van der Waals surface area contributed by atoms with E-state index in [1.165, 1.54) is 5.01 Å². The number of benzene rings is 2. The lowest BCUT2D eigenvalue weighted by Gasteiger charge is -2.30. The molecular weight excluding hydrogens is 658 g/mol. The Balaban J connectivity index is 1.12. The second-order valence-electron chi connectivity index (χ2n) is 13.7. The minimum absolute atomic E-state index is 0.0442. The van der Waals surface area contributed by atoms with Crippen LogP contribution in [-0.2, 0) is 27.5 Å².